The molecule has 5 nitrogen and oxygen atoms in total. The lowest BCUT2D eigenvalue weighted by molar-refractivity contribution is -0.146. The fourth-order valence-electron chi connectivity index (χ4n) is 2.24. The first kappa shape index (κ1) is 16.7. The van der Waals surface area contributed by atoms with E-state index in [2.05, 4.69) is 9.72 Å². The van der Waals surface area contributed by atoms with Crippen LogP contribution in [0.25, 0.3) is 17.0 Å². The van der Waals surface area contributed by atoms with Gasteiger partial charge in [-0.05, 0) is 26.0 Å². The minimum Gasteiger partial charge on any atom is -0.468 e. The second-order valence-electron chi connectivity index (χ2n) is 5.39. The van der Waals surface area contributed by atoms with E-state index in [0.717, 1.165) is 16.5 Å². The van der Waals surface area contributed by atoms with E-state index in [1.165, 1.54) is 18.1 Å². The van der Waals surface area contributed by atoms with E-state index in [0.29, 0.717) is 0 Å². The Hall–Kier alpha value is -2.69. The summed E-state index contributed by atoms with van der Waals surface area (Å²) in [6.07, 6.45) is 4.91. The van der Waals surface area contributed by atoms with E-state index in [1.54, 1.807) is 12.3 Å². The molecule has 2 rings (SSSR count). The minimum atomic E-state index is -0.438. The summed E-state index contributed by atoms with van der Waals surface area (Å²) in [4.78, 5) is 29.6. The second-order valence-corrected chi connectivity index (χ2v) is 5.39. The van der Waals surface area contributed by atoms with E-state index in [9.17, 15) is 9.59 Å². The third kappa shape index (κ3) is 4.16. The van der Waals surface area contributed by atoms with Gasteiger partial charge in [0.25, 0.3) is 0 Å². The van der Waals surface area contributed by atoms with Crippen LogP contribution in [0, 0.1) is 0 Å². The van der Waals surface area contributed by atoms with Crippen molar-refractivity contribution in [2.75, 3.05) is 13.7 Å². The lowest BCUT2D eigenvalue weighted by atomic mass is 10.1. The van der Waals surface area contributed by atoms with Crippen LogP contribution < -0.4 is 0 Å². The number of aromatic nitrogens is 1. The topological polar surface area (TPSA) is 59.5 Å². The van der Waals surface area contributed by atoms with Crippen molar-refractivity contribution in [3.8, 4) is 0 Å². The zero-order valence-corrected chi connectivity index (χ0v) is 13.5. The Labute approximate surface area is 135 Å². The summed E-state index contributed by atoms with van der Waals surface area (Å²) in [7, 11) is 1.31. The van der Waals surface area contributed by atoms with Gasteiger partial charge < -0.3 is 9.64 Å². The minimum absolute atomic E-state index is 0.0644. The largest absolute Gasteiger partial charge is 0.468 e. The number of methoxy groups -OCH3 is 1. The zero-order valence-electron chi connectivity index (χ0n) is 13.5. The molecule has 0 radical (unpaired) electrons. The molecule has 1 heterocycles. The van der Waals surface area contributed by atoms with Crippen molar-refractivity contribution in [2.24, 2.45) is 0 Å². The first-order chi connectivity index (χ1) is 11.0. The molecule has 2 aromatic rings. The van der Waals surface area contributed by atoms with Gasteiger partial charge in [0.15, 0.2) is 0 Å². The highest BCUT2D eigenvalue weighted by Crippen LogP contribution is 2.17. The molecule has 0 saturated heterocycles. The molecule has 120 valence electrons. The smallest absolute Gasteiger partial charge is 0.325 e. The van der Waals surface area contributed by atoms with Crippen LogP contribution in [0.5, 0.6) is 0 Å². The predicted octanol–water partition coefficient (Wildman–Crippen LogP) is 2.66. The number of fused-ring (bicyclic) bond motifs is 1. The van der Waals surface area contributed by atoms with Crippen LogP contribution in [0.2, 0.25) is 0 Å². The monoisotopic (exact) mass is 312 g/mol. The fraction of sp³-hybridized carbons (Fsp3) is 0.278. The number of para-hydroxylation sites is 1. The molecular weight excluding hydrogens is 292 g/mol. The molecule has 0 bridgehead atoms. The molecule has 0 saturated carbocycles. The summed E-state index contributed by atoms with van der Waals surface area (Å²) < 4.78 is 4.63. The molecule has 1 aromatic carbocycles. The number of hydrogen-bond donors (Lipinski definition) is 0. The number of nitrogens with zero attached hydrogens (tertiary/aromatic N) is 2. The Balaban J connectivity index is 2.23. The Morgan fingerprint density at radius 1 is 1.26 bits per heavy atom. The Morgan fingerprint density at radius 2 is 2.00 bits per heavy atom. The number of carbonyl (C=O) groups excluding carboxylic acids is 2. The maximum Gasteiger partial charge on any atom is 0.325 e. The average Bonchev–Trinajstić information content (AvgIpc) is 2.56. The summed E-state index contributed by atoms with van der Waals surface area (Å²) in [5, 5.41) is 1.01. The van der Waals surface area contributed by atoms with Crippen LogP contribution in [0.4, 0.5) is 0 Å². The van der Waals surface area contributed by atoms with Gasteiger partial charge in [-0.1, -0.05) is 24.3 Å². The number of esters is 1. The molecule has 0 atom stereocenters. The van der Waals surface area contributed by atoms with Crippen molar-refractivity contribution in [3.63, 3.8) is 0 Å². The quantitative estimate of drug-likeness (QED) is 0.629. The molecule has 0 N–H and O–H groups in total. The normalized spacial score (nSPS) is 11.1. The summed E-state index contributed by atoms with van der Waals surface area (Å²) in [5.74, 6) is -0.675. The number of carbonyl (C=O) groups is 2. The molecule has 0 aliphatic carbocycles. The van der Waals surface area contributed by atoms with E-state index < -0.39 is 5.97 Å². The van der Waals surface area contributed by atoms with Crippen LogP contribution in [-0.4, -0.2) is 41.5 Å². The van der Waals surface area contributed by atoms with Crippen molar-refractivity contribution >= 4 is 28.9 Å². The molecule has 0 aliphatic rings. The molecule has 1 amide bonds. The number of pyridine rings is 1. The molecular formula is C18H20N2O3. The highest BCUT2D eigenvalue weighted by molar-refractivity contribution is 5.96. The number of benzene rings is 1. The van der Waals surface area contributed by atoms with Gasteiger partial charge in [-0.25, -0.2) is 0 Å². The fourth-order valence-corrected chi connectivity index (χ4v) is 2.24. The van der Waals surface area contributed by atoms with Gasteiger partial charge in [0.1, 0.15) is 6.54 Å². The molecule has 0 aliphatic heterocycles. The number of hydrogen-bond acceptors (Lipinski definition) is 4. The number of amides is 1. The van der Waals surface area contributed by atoms with Crippen molar-refractivity contribution in [2.45, 2.75) is 19.9 Å². The van der Waals surface area contributed by atoms with Crippen LogP contribution in [0.15, 0.2) is 42.6 Å². The summed E-state index contributed by atoms with van der Waals surface area (Å²) >= 11 is 0. The third-order valence-electron chi connectivity index (χ3n) is 3.50. The first-order valence-corrected chi connectivity index (χ1v) is 7.42. The predicted molar refractivity (Wildman–Crippen MR) is 89.6 cm³/mol. The Kier molecular flexibility index (Phi) is 5.46. The van der Waals surface area contributed by atoms with E-state index in [-0.39, 0.29) is 18.5 Å². The van der Waals surface area contributed by atoms with Gasteiger partial charge in [0.05, 0.1) is 12.6 Å². The van der Waals surface area contributed by atoms with Crippen molar-refractivity contribution in [1.82, 2.24) is 9.88 Å². The van der Waals surface area contributed by atoms with E-state index >= 15 is 0 Å². The third-order valence-corrected chi connectivity index (χ3v) is 3.50. The van der Waals surface area contributed by atoms with Crippen LogP contribution in [-0.2, 0) is 14.3 Å². The van der Waals surface area contributed by atoms with E-state index in [4.69, 9.17) is 0 Å². The molecule has 1 aromatic heterocycles. The van der Waals surface area contributed by atoms with Crippen LogP contribution in [0.3, 0.4) is 0 Å². The van der Waals surface area contributed by atoms with Crippen molar-refractivity contribution in [3.05, 3.63) is 48.2 Å². The average molecular weight is 312 g/mol. The second kappa shape index (κ2) is 7.54. The summed E-state index contributed by atoms with van der Waals surface area (Å²) in [6, 6.07) is 9.54. The SMILES string of the molecule is COC(=O)CN(C(=O)/C=C/c1cccc2cccnc12)C(C)C. The summed E-state index contributed by atoms with van der Waals surface area (Å²) in [5.41, 5.74) is 1.70. The van der Waals surface area contributed by atoms with Crippen molar-refractivity contribution < 1.29 is 14.3 Å². The van der Waals surface area contributed by atoms with Gasteiger partial charge in [-0.2, -0.15) is 0 Å². The Morgan fingerprint density at radius 3 is 2.70 bits per heavy atom. The van der Waals surface area contributed by atoms with Gasteiger partial charge in [0.2, 0.25) is 5.91 Å². The van der Waals surface area contributed by atoms with Crippen molar-refractivity contribution in [1.29, 1.82) is 0 Å². The first-order valence-electron chi connectivity index (χ1n) is 7.42. The standard InChI is InChI=1S/C18H20N2O3/c1-13(2)20(12-17(22)23-3)16(21)10-9-15-7-4-6-14-8-5-11-19-18(14)15/h4-11,13H,12H2,1-3H3/b10-9+. The van der Waals surface area contributed by atoms with Gasteiger partial charge >= 0.3 is 5.97 Å². The zero-order chi connectivity index (χ0) is 16.8. The van der Waals surface area contributed by atoms with Gasteiger partial charge in [-0.3, -0.25) is 14.6 Å². The molecule has 0 spiro atoms. The summed E-state index contributed by atoms with van der Waals surface area (Å²) in [6.45, 7) is 3.65. The lowest BCUT2D eigenvalue weighted by Crippen LogP contribution is -2.40. The maximum absolute atomic E-state index is 12.4. The Bertz CT molecular complexity index is 733. The van der Waals surface area contributed by atoms with Gasteiger partial charge in [0, 0.05) is 29.3 Å². The lowest BCUT2D eigenvalue weighted by Gasteiger charge is -2.24. The molecule has 0 fully saturated rings. The number of ether oxygens (including phenoxy) is 1. The maximum atomic E-state index is 12.4. The highest BCUT2D eigenvalue weighted by atomic mass is 16.5. The van der Waals surface area contributed by atoms with Gasteiger partial charge in [-0.15, -0.1) is 0 Å². The molecule has 0 unspecified atom stereocenters. The molecule has 5 heteroatoms. The van der Waals surface area contributed by atoms with Crippen LogP contribution in [0.1, 0.15) is 19.4 Å². The van der Waals surface area contributed by atoms with E-state index in [1.807, 2.05) is 44.2 Å². The van der Waals surface area contributed by atoms with Crippen LogP contribution >= 0.6 is 0 Å². The number of rotatable bonds is 5. The molecule has 23 heavy (non-hydrogen) atoms. The highest BCUT2D eigenvalue weighted by Gasteiger charge is 2.18.